The number of hydrogen-bond donors (Lipinski definition) is 2. The highest BCUT2D eigenvalue weighted by Gasteiger charge is 2.25. The van der Waals surface area contributed by atoms with E-state index in [0.29, 0.717) is 24.6 Å². The molecule has 142 valence electrons. The number of nitriles is 1. The quantitative estimate of drug-likeness (QED) is 0.770. The molecule has 1 aromatic carbocycles. The molecule has 1 amide bonds. The molecular weight excluding hydrogens is 358 g/mol. The average Bonchev–Trinajstić information content (AvgIpc) is 2.98. The Balaban J connectivity index is 1.51. The number of thiophene rings is 1. The molecule has 0 fully saturated rings. The summed E-state index contributed by atoms with van der Waals surface area (Å²) in [4.78, 5) is 14.8. The molecule has 2 aromatic rings. The number of anilines is 1. The molecule has 1 aliphatic rings. The van der Waals surface area contributed by atoms with Crippen molar-refractivity contribution in [3.8, 4) is 11.8 Å². The van der Waals surface area contributed by atoms with Crippen LogP contribution in [-0.2, 0) is 17.6 Å². The summed E-state index contributed by atoms with van der Waals surface area (Å²) in [5.41, 5.74) is 1.81. The Kier molecular flexibility index (Phi) is 6.49. The number of likely N-dealkylation sites (N-methyl/N-ethyl adjacent to an activating group) is 1. The molecule has 2 atom stereocenters. The molecular formula is C21H26N3O2S+. The third-order valence-electron chi connectivity index (χ3n) is 4.88. The highest BCUT2D eigenvalue weighted by Crippen LogP contribution is 2.39. The zero-order chi connectivity index (χ0) is 19.2. The number of nitrogens with zero attached hydrogens (tertiary/aromatic N) is 1. The molecule has 0 saturated heterocycles. The van der Waals surface area contributed by atoms with Gasteiger partial charge in [-0.1, -0.05) is 25.1 Å². The monoisotopic (exact) mass is 384 g/mol. The molecule has 1 heterocycles. The van der Waals surface area contributed by atoms with E-state index in [1.165, 1.54) is 4.88 Å². The van der Waals surface area contributed by atoms with Crippen molar-refractivity contribution in [2.75, 3.05) is 32.1 Å². The third-order valence-corrected chi connectivity index (χ3v) is 6.05. The second-order valence-electron chi connectivity index (χ2n) is 7.26. The van der Waals surface area contributed by atoms with Gasteiger partial charge in [0.25, 0.3) is 5.91 Å². The number of quaternary nitrogens is 1. The van der Waals surface area contributed by atoms with Crippen LogP contribution in [0.5, 0.6) is 5.75 Å². The van der Waals surface area contributed by atoms with Gasteiger partial charge >= 0.3 is 0 Å². The van der Waals surface area contributed by atoms with E-state index in [-0.39, 0.29) is 5.91 Å². The van der Waals surface area contributed by atoms with Gasteiger partial charge in [-0.05, 0) is 42.9 Å². The summed E-state index contributed by atoms with van der Waals surface area (Å²) in [5, 5.41) is 13.2. The number of hydrogen-bond acceptors (Lipinski definition) is 4. The number of amides is 1. The number of nitrogens with one attached hydrogen (secondary N) is 2. The fraction of sp³-hybridized carbons (Fsp3) is 0.429. The van der Waals surface area contributed by atoms with E-state index < -0.39 is 0 Å². The Hall–Kier alpha value is -2.36. The molecule has 1 aliphatic carbocycles. The second-order valence-corrected chi connectivity index (χ2v) is 8.37. The maximum absolute atomic E-state index is 12.4. The van der Waals surface area contributed by atoms with Crippen LogP contribution >= 0.6 is 11.3 Å². The van der Waals surface area contributed by atoms with Crippen molar-refractivity contribution in [3.05, 3.63) is 46.3 Å². The van der Waals surface area contributed by atoms with Gasteiger partial charge in [-0.25, -0.2) is 0 Å². The summed E-state index contributed by atoms with van der Waals surface area (Å²) < 4.78 is 5.68. The summed E-state index contributed by atoms with van der Waals surface area (Å²) in [6, 6.07) is 12.0. The van der Waals surface area contributed by atoms with Crippen LogP contribution in [0.3, 0.4) is 0 Å². The molecule has 2 N–H and O–H groups in total. The molecule has 0 aliphatic heterocycles. The van der Waals surface area contributed by atoms with Crippen LogP contribution in [0.4, 0.5) is 5.00 Å². The first-order chi connectivity index (χ1) is 13.1. The first-order valence-electron chi connectivity index (χ1n) is 9.40. The number of fused-ring (bicyclic) bond motifs is 1. The van der Waals surface area contributed by atoms with Crippen LogP contribution in [0.2, 0.25) is 0 Å². The Morgan fingerprint density at radius 1 is 1.41 bits per heavy atom. The van der Waals surface area contributed by atoms with Crippen molar-refractivity contribution in [1.82, 2.24) is 0 Å². The summed E-state index contributed by atoms with van der Waals surface area (Å²) in [6.07, 6.45) is 3.06. The zero-order valence-electron chi connectivity index (χ0n) is 15.9. The van der Waals surface area contributed by atoms with Gasteiger partial charge < -0.3 is 15.0 Å². The molecule has 0 spiro atoms. The van der Waals surface area contributed by atoms with Gasteiger partial charge in [0, 0.05) is 4.88 Å². The predicted molar refractivity (Wildman–Crippen MR) is 107 cm³/mol. The molecule has 3 rings (SSSR count). The summed E-state index contributed by atoms with van der Waals surface area (Å²) in [5.74, 6) is 1.42. The third kappa shape index (κ3) is 5.09. The lowest BCUT2D eigenvalue weighted by Gasteiger charge is -2.17. The maximum Gasteiger partial charge on any atom is 0.280 e. The van der Waals surface area contributed by atoms with Gasteiger partial charge in [0.2, 0.25) is 0 Å². The standard InChI is InChI=1S/C21H25N3O2S/c1-15-8-9-17-18(13-22)21(27-19(17)12-15)23-20(25)14-24(2)10-11-26-16-6-4-3-5-7-16/h3-7,15H,8-12,14H2,1-2H3,(H,23,25)/p+1/t15-/m0/s1. The van der Waals surface area contributed by atoms with Crippen LogP contribution in [0.15, 0.2) is 30.3 Å². The van der Waals surface area contributed by atoms with Gasteiger partial charge in [-0.15, -0.1) is 11.3 Å². The minimum Gasteiger partial charge on any atom is -0.488 e. The summed E-state index contributed by atoms with van der Waals surface area (Å²) in [6.45, 7) is 3.87. The largest absolute Gasteiger partial charge is 0.488 e. The molecule has 1 unspecified atom stereocenters. The van der Waals surface area contributed by atoms with E-state index in [0.717, 1.165) is 47.0 Å². The second kappa shape index (κ2) is 9.03. The number of benzene rings is 1. The summed E-state index contributed by atoms with van der Waals surface area (Å²) >= 11 is 1.57. The fourth-order valence-electron chi connectivity index (χ4n) is 3.35. The van der Waals surface area contributed by atoms with Crippen LogP contribution in [0, 0.1) is 17.2 Å². The van der Waals surface area contributed by atoms with Gasteiger partial charge in [-0.2, -0.15) is 5.26 Å². The van der Waals surface area contributed by atoms with E-state index in [2.05, 4.69) is 18.3 Å². The fourth-order valence-corrected chi connectivity index (χ4v) is 4.73. The Bertz CT molecular complexity index is 826. The van der Waals surface area contributed by atoms with Gasteiger partial charge in [0.1, 0.15) is 30.0 Å². The van der Waals surface area contributed by atoms with Gasteiger partial charge in [0.05, 0.1) is 12.6 Å². The van der Waals surface area contributed by atoms with Gasteiger partial charge in [-0.3, -0.25) is 4.79 Å². The molecule has 5 nitrogen and oxygen atoms in total. The number of carbonyl (C=O) groups is 1. The van der Waals surface area contributed by atoms with E-state index in [1.54, 1.807) is 11.3 Å². The van der Waals surface area contributed by atoms with E-state index in [1.807, 2.05) is 37.4 Å². The smallest absolute Gasteiger partial charge is 0.280 e. The van der Waals surface area contributed by atoms with E-state index in [9.17, 15) is 10.1 Å². The molecule has 27 heavy (non-hydrogen) atoms. The lowest BCUT2D eigenvalue weighted by Crippen LogP contribution is -3.10. The lowest BCUT2D eigenvalue weighted by molar-refractivity contribution is -0.871. The first-order valence-corrected chi connectivity index (χ1v) is 10.2. The number of ether oxygens (including phenoxy) is 1. The minimum atomic E-state index is -0.0599. The molecule has 1 aromatic heterocycles. The normalized spacial score (nSPS) is 16.9. The maximum atomic E-state index is 12.4. The first kappa shape index (κ1) is 19.4. The molecule has 0 saturated carbocycles. The highest BCUT2D eigenvalue weighted by atomic mass is 32.1. The number of rotatable bonds is 7. The molecule has 6 heteroatoms. The minimum absolute atomic E-state index is 0.0599. The Morgan fingerprint density at radius 2 is 2.19 bits per heavy atom. The molecule has 0 bridgehead atoms. The van der Waals surface area contributed by atoms with E-state index in [4.69, 9.17) is 4.74 Å². The van der Waals surface area contributed by atoms with Crippen molar-refractivity contribution in [2.24, 2.45) is 5.92 Å². The van der Waals surface area contributed by atoms with Crippen LogP contribution in [-0.4, -0.2) is 32.7 Å². The van der Waals surface area contributed by atoms with Crippen LogP contribution < -0.4 is 15.0 Å². The Labute approximate surface area is 164 Å². The highest BCUT2D eigenvalue weighted by molar-refractivity contribution is 7.16. The van der Waals surface area contributed by atoms with Crippen molar-refractivity contribution in [2.45, 2.75) is 26.2 Å². The number of para-hydroxylation sites is 1. The lowest BCUT2D eigenvalue weighted by atomic mass is 9.89. The Morgan fingerprint density at radius 3 is 2.93 bits per heavy atom. The van der Waals surface area contributed by atoms with Crippen LogP contribution in [0.1, 0.15) is 29.3 Å². The van der Waals surface area contributed by atoms with Crippen molar-refractivity contribution in [1.29, 1.82) is 5.26 Å². The van der Waals surface area contributed by atoms with E-state index >= 15 is 0 Å². The van der Waals surface area contributed by atoms with Crippen molar-refractivity contribution in [3.63, 3.8) is 0 Å². The van der Waals surface area contributed by atoms with Crippen molar-refractivity contribution < 1.29 is 14.4 Å². The number of carbonyl (C=O) groups excluding carboxylic acids is 1. The SMILES string of the molecule is C[C@H]1CCc2c(sc(NC(=O)C[NH+](C)CCOc3ccccc3)c2C#N)C1. The molecule has 0 radical (unpaired) electrons. The van der Waals surface area contributed by atoms with Gasteiger partial charge in [0.15, 0.2) is 6.54 Å². The zero-order valence-corrected chi connectivity index (χ0v) is 16.7. The predicted octanol–water partition coefficient (Wildman–Crippen LogP) is 2.28. The topological polar surface area (TPSA) is 66.6 Å². The van der Waals surface area contributed by atoms with Crippen LogP contribution in [0.25, 0.3) is 0 Å². The summed E-state index contributed by atoms with van der Waals surface area (Å²) in [7, 11) is 1.97. The van der Waals surface area contributed by atoms with Crippen molar-refractivity contribution >= 4 is 22.2 Å². The average molecular weight is 385 g/mol.